The number of halogens is 5. The third-order valence-electron chi connectivity index (χ3n) is 5.84. The highest BCUT2D eigenvalue weighted by atomic mass is 32.2. The molecule has 0 amide bonds. The molecule has 9 nitrogen and oxygen atoms in total. The summed E-state index contributed by atoms with van der Waals surface area (Å²) in [4.78, 5) is 12.6. The molecule has 2 aromatic heterocycles. The van der Waals surface area contributed by atoms with Gasteiger partial charge >= 0.3 is 0 Å². The molecule has 0 aliphatic carbocycles. The Labute approximate surface area is 221 Å². The molecule has 39 heavy (non-hydrogen) atoms. The highest BCUT2D eigenvalue weighted by molar-refractivity contribution is 7.92. The zero-order valence-corrected chi connectivity index (χ0v) is 21.5. The lowest BCUT2D eigenvalue weighted by molar-refractivity contribution is 0.0219. The van der Waals surface area contributed by atoms with Crippen LogP contribution in [0.25, 0.3) is 11.3 Å². The highest BCUT2D eigenvalue weighted by Gasteiger charge is 2.35. The Morgan fingerprint density at radius 1 is 1.15 bits per heavy atom. The Morgan fingerprint density at radius 2 is 1.95 bits per heavy atom. The minimum absolute atomic E-state index is 0.114. The number of hydrogen-bond donors (Lipinski definition) is 3. The molecule has 0 radical (unpaired) electrons. The van der Waals surface area contributed by atoms with E-state index >= 15 is 0 Å². The summed E-state index contributed by atoms with van der Waals surface area (Å²) in [5, 5.41) is 6.48. The number of sulfonamides is 1. The number of nitrogens with one attached hydrogen (secondary N) is 3. The predicted octanol–water partition coefficient (Wildman–Crippen LogP) is 4.70. The molecule has 0 bridgehead atoms. The molecule has 0 saturated carbocycles. The van der Waals surface area contributed by atoms with Crippen LogP contribution < -0.4 is 20.1 Å². The molecule has 4 rings (SSSR count). The van der Waals surface area contributed by atoms with E-state index in [9.17, 15) is 30.4 Å². The van der Waals surface area contributed by atoms with Crippen LogP contribution in [-0.2, 0) is 10.0 Å². The maximum atomic E-state index is 14.8. The van der Waals surface area contributed by atoms with Crippen LogP contribution in [0.15, 0.2) is 36.7 Å². The molecule has 1 aliphatic heterocycles. The van der Waals surface area contributed by atoms with Gasteiger partial charge in [-0.1, -0.05) is 6.92 Å². The van der Waals surface area contributed by atoms with E-state index in [1.165, 1.54) is 29.2 Å². The van der Waals surface area contributed by atoms with Gasteiger partial charge in [0.15, 0.2) is 17.4 Å². The van der Waals surface area contributed by atoms with Crippen molar-refractivity contribution in [3.05, 3.63) is 54.1 Å². The van der Waals surface area contributed by atoms with Crippen LogP contribution in [0.5, 0.6) is 11.6 Å². The van der Waals surface area contributed by atoms with Gasteiger partial charge in [-0.2, -0.15) is 4.39 Å². The molecule has 15 heteroatoms. The number of alkyl halides is 2. The smallest absolute Gasteiger partial charge is 0.263 e. The molecule has 3 N–H and O–H groups in total. The quantitative estimate of drug-likeness (QED) is 0.237. The molecule has 1 saturated heterocycles. The number of aromatic nitrogens is 3. The molecular weight excluding hydrogens is 547 g/mol. The van der Waals surface area contributed by atoms with E-state index in [4.69, 9.17) is 4.74 Å². The molecule has 1 aromatic carbocycles. The number of piperidine rings is 1. The third kappa shape index (κ3) is 7.09. The summed E-state index contributed by atoms with van der Waals surface area (Å²) < 4.78 is 102. The van der Waals surface area contributed by atoms with Crippen molar-refractivity contribution in [3.8, 4) is 22.9 Å². The van der Waals surface area contributed by atoms with Crippen molar-refractivity contribution in [2.75, 3.05) is 28.9 Å². The summed E-state index contributed by atoms with van der Waals surface area (Å²) in [6.07, 6.45) is 3.87. The summed E-state index contributed by atoms with van der Waals surface area (Å²) in [5.74, 6) is -11.6. The first-order valence-electron chi connectivity index (χ1n) is 12.0. The van der Waals surface area contributed by atoms with E-state index in [2.05, 4.69) is 25.6 Å². The fraction of sp³-hybridized carbons (Fsp3) is 0.375. The lowest BCUT2D eigenvalue weighted by Crippen LogP contribution is -2.38. The molecule has 3 aromatic rings. The van der Waals surface area contributed by atoms with E-state index in [-0.39, 0.29) is 17.5 Å². The van der Waals surface area contributed by atoms with Gasteiger partial charge in [-0.05, 0) is 37.6 Å². The van der Waals surface area contributed by atoms with Crippen molar-refractivity contribution in [2.24, 2.45) is 0 Å². The Morgan fingerprint density at radius 3 is 2.67 bits per heavy atom. The van der Waals surface area contributed by atoms with Crippen LogP contribution >= 0.6 is 0 Å². The van der Waals surface area contributed by atoms with Gasteiger partial charge in [-0.15, -0.1) is 0 Å². The SMILES string of the molecule is CCC(F)(F)CS(=O)(=O)Nc1c(F)cc(Oc2ncccc2-c2ccnc(N[C@H]3CCCNC3)n2)c(F)c1F. The van der Waals surface area contributed by atoms with Gasteiger partial charge in [0, 0.05) is 37.5 Å². The molecule has 1 aliphatic rings. The van der Waals surface area contributed by atoms with Crippen molar-refractivity contribution in [2.45, 2.75) is 38.2 Å². The second kappa shape index (κ2) is 11.7. The van der Waals surface area contributed by atoms with Gasteiger partial charge in [0.25, 0.3) is 5.92 Å². The second-order valence-electron chi connectivity index (χ2n) is 8.84. The first kappa shape index (κ1) is 28.4. The van der Waals surface area contributed by atoms with Crippen LogP contribution in [0.4, 0.5) is 33.6 Å². The van der Waals surface area contributed by atoms with E-state index in [0.29, 0.717) is 17.7 Å². The van der Waals surface area contributed by atoms with Gasteiger partial charge in [0.2, 0.25) is 27.7 Å². The lowest BCUT2D eigenvalue weighted by atomic mass is 10.1. The predicted molar refractivity (Wildman–Crippen MR) is 134 cm³/mol. The minimum Gasteiger partial charge on any atom is -0.435 e. The van der Waals surface area contributed by atoms with Gasteiger partial charge in [0.05, 0.1) is 11.3 Å². The lowest BCUT2D eigenvalue weighted by Gasteiger charge is -2.23. The third-order valence-corrected chi connectivity index (χ3v) is 7.16. The van der Waals surface area contributed by atoms with E-state index in [1.807, 2.05) is 0 Å². The summed E-state index contributed by atoms with van der Waals surface area (Å²) in [7, 11) is -4.92. The van der Waals surface area contributed by atoms with E-state index in [1.54, 1.807) is 6.07 Å². The zero-order valence-electron chi connectivity index (χ0n) is 20.6. The number of benzene rings is 1. The van der Waals surface area contributed by atoms with E-state index in [0.717, 1.165) is 32.9 Å². The summed E-state index contributed by atoms with van der Waals surface area (Å²) in [5.41, 5.74) is -0.879. The first-order chi connectivity index (χ1) is 18.5. The molecule has 1 atom stereocenters. The Hall–Kier alpha value is -3.59. The number of rotatable bonds is 10. The molecule has 1 fully saturated rings. The van der Waals surface area contributed by atoms with Crippen LogP contribution in [0.1, 0.15) is 26.2 Å². The number of hydrogen-bond acceptors (Lipinski definition) is 8. The molecule has 210 valence electrons. The van der Waals surface area contributed by atoms with Crippen LogP contribution in [0, 0.1) is 17.5 Å². The number of pyridine rings is 1. The fourth-order valence-electron chi connectivity index (χ4n) is 3.82. The molecule has 3 heterocycles. The number of ether oxygens (including phenoxy) is 1. The van der Waals surface area contributed by atoms with Gasteiger partial charge in [-0.3, -0.25) is 4.72 Å². The molecule has 0 spiro atoms. The maximum absolute atomic E-state index is 14.8. The average Bonchev–Trinajstić information content (AvgIpc) is 2.90. The second-order valence-corrected chi connectivity index (χ2v) is 10.6. The standard InChI is InChI=1S/C24H25F5N6O3S/c1-2-24(28,29)13-39(36,37)35-21-16(25)11-18(19(26)20(21)27)38-22-15(6-4-9-31-22)17-7-10-32-23(34-17)33-14-5-3-8-30-12-14/h4,6-7,9-11,14,30,35H,2-3,5,8,12-13H2,1H3,(H,32,33,34)/t14-/m0/s1. The largest absolute Gasteiger partial charge is 0.435 e. The normalized spacial score (nSPS) is 16.1. The van der Waals surface area contributed by atoms with Crippen LogP contribution in [-0.4, -0.2) is 54.2 Å². The van der Waals surface area contributed by atoms with Crippen LogP contribution in [0.2, 0.25) is 0 Å². The fourth-order valence-corrected chi connectivity index (χ4v) is 5.15. The van der Waals surface area contributed by atoms with Crippen molar-refractivity contribution < 1.29 is 35.1 Å². The van der Waals surface area contributed by atoms with Crippen molar-refractivity contribution in [1.82, 2.24) is 20.3 Å². The number of anilines is 2. The summed E-state index contributed by atoms with van der Waals surface area (Å²) in [6, 6.07) is 5.12. The van der Waals surface area contributed by atoms with E-state index < -0.39 is 57.0 Å². The Kier molecular flexibility index (Phi) is 8.49. The van der Waals surface area contributed by atoms with Crippen molar-refractivity contribution in [1.29, 1.82) is 0 Å². The van der Waals surface area contributed by atoms with Gasteiger partial charge in [0.1, 0.15) is 11.4 Å². The average molecular weight is 573 g/mol. The topological polar surface area (TPSA) is 118 Å². The Bertz CT molecular complexity index is 1440. The zero-order chi connectivity index (χ0) is 28.2. The van der Waals surface area contributed by atoms with Crippen LogP contribution in [0.3, 0.4) is 0 Å². The summed E-state index contributed by atoms with van der Waals surface area (Å²) >= 11 is 0. The van der Waals surface area contributed by atoms with Crippen molar-refractivity contribution >= 4 is 21.7 Å². The van der Waals surface area contributed by atoms with Crippen molar-refractivity contribution in [3.63, 3.8) is 0 Å². The Balaban J connectivity index is 1.59. The minimum atomic E-state index is -4.92. The van der Waals surface area contributed by atoms with Gasteiger partial charge < -0.3 is 15.4 Å². The first-order valence-corrected chi connectivity index (χ1v) is 13.6. The molecular formula is C24H25F5N6O3S. The molecule has 0 unspecified atom stereocenters. The summed E-state index contributed by atoms with van der Waals surface area (Å²) in [6.45, 7) is 2.70. The highest BCUT2D eigenvalue weighted by Crippen LogP contribution is 2.36. The number of nitrogens with zero attached hydrogens (tertiary/aromatic N) is 3. The monoisotopic (exact) mass is 572 g/mol. The van der Waals surface area contributed by atoms with Gasteiger partial charge in [-0.25, -0.2) is 40.9 Å². The maximum Gasteiger partial charge on any atom is 0.263 e.